The van der Waals surface area contributed by atoms with Gasteiger partial charge in [0.1, 0.15) is 0 Å². The molecule has 2 saturated heterocycles. The zero-order valence-corrected chi connectivity index (χ0v) is 26.3. The van der Waals surface area contributed by atoms with Crippen LogP contribution in [0.3, 0.4) is 0 Å². The van der Waals surface area contributed by atoms with Gasteiger partial charge in [0, 0.05) is 59.6 Å². The molecule has 4 aliphatic heterocycles. The molecular weight excluding hydrogens is 598 g/mol. The number of H-pyrrole nitrogens is 2. The first kappa shape index (κ1) is 29.2. The molecule has 10 heteroatoms. The van der Waals surface area contributed by atoms with E-state index in [1.54, 1.807) is 0 Å². The molecule has 8 nitrogen and oxygen atoms in total. The number of nitrogens with one attached hydrogen (secondary N) is 2. The van der Waals surface area contributed by atoms with E-state index in [1.807, 2.05) is 0 Å². The fourth-order valence-corrected chi connectivity index (χ4v) is 6.66. The Morgan fingerprint density at radius 2 is 0.917 bits per heavy atom. The maximum Gasteiger partial charge on any atom is 0.493 e. The van der Waals surface area contributed by atoms with Crippen LogP contribution in [0.4, 0.5) is 0 Å². The molecule has 2 fully saturated rings. The van der Waals surface area contributed by atoms with Gasteiger partial charge in [-0.15, -0.1) is 0 Å². The molecule has 48 heavy (non-hydrogen) atoms. The van der Waals surface area contributed by atoms with Crippen molar-refractivity contribution in [3.8, 4) is 22.3 Å². The molecule has 0 spiro atoms. The van der Waals surface area contributed by atoms with E-state index >= 15 is 0 Å². The quantitative estimate of drug-likeness (QED) is 0.223. The Morgan fingerprint density at radius 3 is 1.38 bits per heavy atom. The third kappa shape index (κ3) is 5.73. The van der Waals surface area contributed by atoms with Crippen molar-refractivity contribution in [1.29, 1.82) is 0 Å². The molecule has 3 aromatic heterocycles. The number of fused-ring (bicyclic) bond motifs is 8. The molecule has 9 rings (SSSR count). The summed E-state index contributed by atoms with van der Waals surface area (Å²) in [7, 11) is -0.648. The molecule has 2 aromatic carbocycles. The monoisotopic (exact) mass is 630 g/mol. The van der Waals surface area contributed by atoms with Gasteiger partial charge in [0.05, 0.1) is 22.8 Å². The van der Waals surface area contributed by atoms with Crippen molar-refractivity contribution >= 4 is 71.5 Å². The van der Waals surface area contributed by atoms with Crippen LogP contribution in [0.25, 0.3) is 68.6 Å². The Hall–Kier alpha value is -4.99. The maximum absolute atomic E-state index is 5.84. The van der Waals surface area contributed by atoms with Gasteiger partial charge in [0.2, 0.25) is 0 Å². The molecule has 0 radical (unpaired) electrons. The average Bonchev–Trinajstić information content (AvgIpc) is 3.97. The Kier molecular flexibility index (Phi) is 7.63. The van der Waals surface area contributed by atoms with Crippen LogP contribution >= 0.6 is 0 Å². The highest BCUT2D eigenvalue weighted by Gasteiger charge is 2.25. The highest BCUT2D eigenvalue weighted by atomic mass is 16.6. The van der Waals surface area contributed by atoms with Crippen LogP contribution in [-0.2, 0) is 18.6 Å². The SMILES string of the molecule is C1=Cc2nc1cc1ccc([nH]1)c(-c1ccc(B3OCCCO3)cc1)c1ccc(cc3nc(c2-c2ccc(B4OCCCO4)cc2)C=C3)[nH]1. The van der Waals surface area contributed by atoms with E-state index in [9.17, 15) is 0 Å². The first-order valence-corrected chi connectivity index (χ1v) is 16.5. The number of hydrogen-bond donors (Lipinski definition) is 2. The zero-order chi connectivity index (χ0) is 31.9. The summed E-state index contributed by atoms with van der Waals surface area (Å²) < 4.78 is 23.3. The van der Waals surface area contributed by atoms with Crippen molar-refractivity contribution in [3.63, 3.8) is 0 Å². The van der Waals surface area contributed by atoms with Gasteiger partial charge in [-0.05, 0) is 95.6 Å². The highest BCUT2D eigenvalue weighted by molar-refractivity contribution is 6.61. The van der Waals surface area contributed by atoms with Gasteiger partial charge in [-0.1, -0.05) is 48.5 Å². The highest BCUT2D eigenvalue weighted by Crippen LogP contribution is 2.32. The van der Waals surface area contributed by atoms with Crippen molar-refractivity contribution in [2.24, 2.45) is 0 Å². The molecule has 8 bridgehead atoms. The van der Waals surface area contributed by atoms with Gasteiger partial charge in [0.25, 0.3) is 0 Å². The first-order valence-electron chi connectivity index (χ1n) is 16.5. The summed E-state index contributed by atoms with van der Waals surface area (Å²) in [4.78, 5) is 17.4. The van der Waals surface area contributed by atoms with E-state index in [2.05, 4.69) is 119 Å². The standard InChI is InChI=1S/C38H32B2N4O4/c1-19-45-39(46-20-1)27-7-3-25(4-8-27)37-33-15-11-29(41-33)23-31-13-17-35(43-31)38(26-5-9-28(10-6-26)40-47-21-2-22-48-40)36-18-14-32(44-36)24-30-12-16-34(37)42-30/h3-18,23-24,41-42H,1-2,19-22H2. The Bertz CT molecular complexity index is 2120. The lowest BCUT2D eigenvalue weighted by Crippen LogP contribution is -2.40. The Labute approximate surface area is 278 Å². The molecular formula is C38H32B2N4O4. The van der Waals surface area contributed by atoms with Crippen molar-refractivity contribution in [2.45, 2.75) is 12.8 Å². The molecule has 0 atom stereocenters. The van der Waals surface area contributed by atoms with Crippen LogP contribution in [0.15, 0.2) is 84.9 Å². The molecule has 4 aliphatic rings. The van der Waals surface area contributed by atoms with Gasteiger partial charge in [-0.25, -0.2) is 9.97 Å². The summed E-state index contributed by atoms with van der Waals surface area (Å²) in [5, 5.41) is 0. The summed E-state index contributed by atoms with van der Waals surface area (Å²) >= 11 is 0. The van der Waals surface area contributed by atoms with Crippen LogP contribution in [0.2, 0.25) is 0 Å². The van der Waals surface area contributed by atoms with E-state index < -0.39 is 0 Å². The number of aromatic nitrogens is 4. The van der Waals surface area contributed by atoms with Crippen LogP contribution in [0.1, 0.15) is 35.6 Å². The van der Waals surface area contributed by atoms with Gasteiger partial charge in [-0.2, -0.15) is 0 Å². The molecule has 0 saturated carbocycles. The van der Waals surface area contributed by atoms with Crippen LogP contribution in [-0.4, -0.2) is 60.6 Å². The van der Waals surface area contributed by atoms with Crippen molar-refractivity contribution < 1.29 is 18.6 Å². The van der Waals surface area contributed by atoms with E-state index in [1.165, 1.54) is 0 Å². The lowest BCUT2D eigenvalue weighted by molar-refractivity contribution is 0.143. The third-order valence-electron chi connectivity index (χ3n) is 9.00. The zero-order valence-electron chi connectivity index (χ0n) is 26.3. The molecule has 2 N–H and O–H groups in total. The number of benzene rings is 2. The molecule has 7 heterocycles. The topological polar surface area (TPSA) is 94.3 Å². The van der Waals surface area contributed by atoms with E-state index in [-0.39, 0.29) is 14.2 Å². The van der Waals surface area contributed by atoms with Crippen molar-refractivity contribution in [2.75, 3.05) is 26.4 Å². The Morgan fingerprint density at radius 1 is 0.479 bits per heavy atom. The summed E-state index contributed by atoms with van der Waals surface area (Å²) in [5.74, 6) is 0. The first-order chi connectivity index (χ1) is 23.7. The summed E-state index contributed by atoms with van der Waals surface area (Å²) in [5.41, 5.74) is 13.5. The van der Waals surface area contributed by atoms with Crippen LogP contribution < -0.4 is 10.9 Å². The van der Waals surface area contributed by atoms with Gasteiger partial charge in [-0.3, -0.25) is 0 Å². The number of nitrogens with zero attached hydrogens (tertiary/aromatic N) is 2. The van der Waals surface area contributed by atoms with Gasteiger partial charge >= 0.3 is 14.2 Å². The van der Waals surface area contributed by atoms with Crippen molar-refractivity contribution in [3.05, 3.63) is 108 Å². The number of rotatable bonds is 4. The van der Waals surface area contributed by atoms with Crippen molar-refractivity contribution in [1.82, 2.24) is 19.9 Å². The summed E-state index contributed by atoms with van der Waals surface area (Å²) in [6.07, 6.45) is 10.1. The minimum Gasteiger partial charge on any atom is -0.407 e. The van der Waals surface area contributed by atoms with Gasteiger partial charge in [0.15, 0.2) is 0 Å². The minimum absolute atomic E-state index is 0.320. The van der Waals surface area contributed by atoms with E-state index in [0.717, 1.165) is 90.9 Å². The number of hydrogen-bond acceptors (Lipinski definition) is 6. The fraction of sp³-hybridized carbons (Fsp3) is 0.158. The fourth-order valence-electron chi connectivity index (χ4n) is 6.66. The lowest BCUT2D eigenvalue weighted by atomic mass is 9.77. The second kappa shape index (κ2) is 12.6. The predicted octanol–water partition coefficient (Wildman–Crippen LogP) is 6.25. The maximum atomic E-state index is 5.84. The Balaban J connectivity index is 1.18. The average molecular weight is 630 g/mol. The largest absolute Gasteiger partial charge is 0.493 e. The summed E-state index contributed by atoms with van der Waals surface area (Å²) in [6.45, 7) is 2.84. The second-order valence-electron chi connectivity index (χ2n) is 12.3. The van der Waals surface area contributed by atoms with E-state index in [4.69, 9.17) is 28.6 Å². The van der Waals surface area contributed by atoms with Crippen LogP contribution in [0, 0.1) is 0 Å². The van der Waals surface area contributed by atoms with Gasteiger partial charge < -0.3 is 28.6 Å². The van der Waals surface area contributed by atoms with E-state index in [0.29, 0.717) is 26.4 Å². The smallest absolute Gasteiger partial charge is 0.407 e. The third-order valence-corrected chi connectivity index (χ3v) is 9.00. The molecule has 234 valence electrons. The summed E-state index contributed by atoms with van der Waals surface area (Å²) in [6, 6.07) is 29.4. The molecule has 0 aliphatic carbocycles. The predicted molar refractivity (Wildman–Crippen MR) is 194 cm³/mol. The minimum atomic E-state index is -0.328. The molecule has 5 aromatic rings. The normalized spacial score (nSPS) is 16.1. The molecule has 0 unspecified atom stereocenters. The second-order valence-corrected chi connectivity index (χ2v) is 12.3. The molecule has 0 amide bonds. The lowest BCUT2D eigenvalue weighted by Gasteiger charge is -2.20. The number of aromatic amines is 2. The van der Waals surface area contributed by atoms with Crippen LogP contribution in [0.5, 0.6) is 0 Å².